The summed E-state index contributed by atoms with van der Waals surface area (Å²) in [4.78, 5) is 9.30. The van der Waals surface area contributed by atoms with Gasteiger partial charge in [-0.3, -0.25) is 0 Å². The number of aromatic hydroxyl groups is 1. The molecule has 2 rings (SSSR count). The van der Waals surface area contributed by atoms with Crippen LogP contribution in [0.5, 0.6) is 5.75 Å². The Balaban J connectivity index is 2.20. The smallest absolute Gasteiger partial charge is 0.116 e. The standard InChI is InChI=1S/C12H12N2OS/c1-2-9-6-12(14-8-13-9)16-11-5-3-4-10(15)7-11/h3-8,15H,2H2,1H3. The molecule has 82 valence electrons. The molecular formula is C12H12N2OS. The molecule has 0 atom stereocenters. The van der Waals surface area contributed by atoms with Crippen LogP contribution in [0.15, 0.2) is 46.6 Å². The van der Waals surface area contributed by atoms with Crippen molar-refractivity contribution in [2.75, 3.05) is 0 Å². The maximum Gasteiger partial charge on any atom is 0.116 e. The summed E-state index contributed by atoms with van der Waals surface area (Å²) in [6, 6.07) is 9.10. The Hall–Kier alpha value is -1.55. The lowest BCUT2D eigenvalue weighted by molar-refractivity contribution is 0.474. The third kappa shape index (κ3) is 2.73. The summed E-state index contributed by atoms with van der Waals surface area (Å²) in [5.74, 6) is 0.273. The number of benzene rings is 1. The van der Waals surface area contributed by atoms with Gasteiger partial charge in [0.2, 0.25) is 0 Å². The summed E-state index contributed by atoms with van der Waals surface area (Å²) < 4.78 is 0. The fourth-order valence-corrected chi connectivity index (χ4v) is 2.16. The summed E-state index contributed by atoms with van der Waals surface area (Å²) in [5.41, 5.74) is 1.03. The number of phenols is 1. The van der Waals surface area contributed by atoms with Crippen molar-refractivity contribution in [2.45, 2.75) is 23.3 Å². The summed E-state index contributed by atoms with van der Waals surface area (Å²) in [5, 5.41) is 10.2. The lowest BCUT2D eigenvalue weighted by atomic mass is 10.3. The average Bonchev–Trinajstić information content (AvgIpc) is 2.29. The molecule has 0 saturated heterocycles. The molecule has 1 aromatic carbocycles. The summed E-state index contributed by atoms with van der Waals surface area (Å²) >= 11 is 1.52. The van der Waals surface area contributed by atoms with E-state index in [2.05, 4.69) is 16.9 Å². The van der Waals surface area contributed by atoms with Crippen LogP contribution >= 0.6 is 11.8 Å². The maximum absolute atomic E-state index is 9.35. The van der Waals surface area contributed by atoms with E-state index in [1.165, 1.54) is 11.8 Å². The van der Waals surface area contributed by atoms with Gasteiger partial charge in [0.05, 0.1) is 0 Å². The number of aryl methyl sites for hydroxylation is 1. The van der Waals surface area contributed by atoms with Crippen LogP contribution in [0.2, 0.25) is 0 Å². The van der Waals surface area contributed by atoms with Crippen LogP contribution in [-0.4, -0.2) is 15.1 Å². The van der Waals surface area contributed by atoms with Gasteiger partial charge in [-0.05, 0) is 30.7 Å². The Morgan fingerprint density at radius 2 is 2.12 bits per heavy atom. The molecule has 0 bridgehead atoms. The monoisotopic (exact) mass is 232 g/mol. The lowest BCUT2D eigenvalue weighted by Gasteiger charge is -2.02. The average molecular weight is 232 g/mol. The Kier molecular flexibility index (Phi) is 3.41. The fraction of sp³-hybridized carbons (Fsp3) is 0.167. The first-order chi connectivity index (χ1) is 7.78. The Bertz CT molecular complexity index is 488. The van der Waals surface area contributed by atoms with Crippen LogP contribution in [0.1, 0.15) is 12.6 Å². The van der Waals surface area contributed by atoms with E-state index in [1.54, 1.807) is 18.5 Å². The Labute approximate surface area is 98.6 Å². The Morgan fingerprint density at radius 1 is 1.25 bits per heavy atom. The molecule has 4 heteroatoms. The molecule has 1 heterocycles. The third-order valence-corrected chi connectivity index (χ3v) is 3.02. The van der Waals surface area contributed by atoms with Gasteiger partial charge in [-0.2, -0.15) is 0 Å². The molecule has 1 aromatic heterocycles. The number of phenolic OH excluding ortho intramolecular Hbond substituents is 1. The van der Waals surface area contributed by atoms with E-state index in [1.807, 2.05) is 18.2 Å². The number of hydrogen-bond acceptors (Lipinski definition) is 4. The highest BCUT2D eigenvalue weighted by atomic mass is 32.2. The molecule has 0 aliphatic rings. The van der Waals surface area contributed by atoms with Crippen LogP contribution in [-0.2, 0) is 6.42 Å². The number of hydrogen-bond donors (Lipinski definition) is 1. The molecule has 0 aliphatic heterocycles. The van der Waals surface area contributed by atoms with Crippen molar-refractivity contribution in [3.8, 4) is 5.75 Å². The van der Waals surface area contributed by atoms with Crippen LogP contribution in [0.25, 0.3) is 0 Å². The lowest BCUT2D eigenvalue weighted by Crippen LogP contribution is -1.89. The first-order valence-corrected chi connectivity index (χ1v) is 5.87. The van der Waals surface area contributed by atoms with E-state index in [-0.39, 0.29) is 5.75 Å². The van der Waals surface area contributed by atoms with Crippen molar-refractivity contribution < 1.29 is 5.11 Å². The number of rotatable bonds is 3. The predicted molar refractivity (Wildman–Crippen MR) is 63.6 cm³/mol. The highest BCUT2D eigenvalue weighted by molar-refractivity contribution is 7.99. The van der Waals surface area contributed by atoms with Crippen LogP contribution in [0, 0.1) is 0 Å². The molecule has 0 spiro atoms. The van der Waals surface area contributed by atoms with Gasteiger partial charge in [-0.15, -0.1) is 0 Å². The fourth-order valence-electron chi connectivity index (χ4n) is 1.29. The molecule has 2 aromatic rings. The molecule has 0 fully saturated rings. The first-order valence-electron chi connectivity index (χ1n) is 5.05. The highest BCUT2D eigenvalue weighted by Crippen LogP contribution is 2.28. The molecule has 1 N–H and O–H groups in total. The summed E-state index contributed by atoms with van der Waals surface area (Å²) in [6.07, 6.45) is 2.47. The molecule has 0 unspecified atom stereocenters. The zero-order valence-electron chi connectivity index (χ0n) is 8.92. The second-order valence-electron chi connectivity index (χ2n) is 3.30. The zero-order chi connectivity index (χ0) is 11.4. The van der Waals surface area contributed by atoms with Crippen molar-refractivity contribution in [1.82, 2.24) is 9.97 Å². The largest absolute Gasteiger partial charge is 0.508 e. The van der Waals surface area contributed by atoms with Crippen molar-refractivity contribution in [3.63, 3.8) is 0 Å². The first kappa shape index (κ1) is 11.0. The van der Waals surface area contributed by atoms with E-state index in [0.717, 1.165) is 22.0 Å². The van der Waals surface area contributed by atoms with Gasteiger partial charge in [0.25, 0.3) is 0 Å². The quantitative estimate of drug-likeness (QED) is 0.826. The number of aromatic nitrogens is 2. The van der Waals surface area contributed by atoms with Gasteiger partial charge in [0, 0.05) is 10.6 Å². The highest BCUT2D eigenvalue weighted by Gasteiger charge is 2.01. The van der Waals surface area contributed by atoms with Gasteiger partial charge in [0.1, 0.15) is 17.1 Å². The normalized spacial score (nSPS) is 10.3. The van der Waals surface area contributed by atoms with Crippen molar-refractivity contribution in [1.29, 1.82) is 0 Å². The molecule has 0 aliphatic carbocycles. The molecule has 0 radical (unpaired) electrons. The van der Waals surface area contributed by atoms with Gasteiger partial charge >= 0.3 is 0 Å². The van der Waals surface area contributed by atoms with Crippen LogP contribution in [0.3, 0.4) is 0 Å². The van der Waals surface area contributed by atoms with Gasteiger partial charge in [0.15, 0.2) is 0 Å². The van der Waals surface area contributed by atoms with Gasteiger partial charge in [-0.25, -0.2) is 9.97 Å². The maximum atomic E-state index is 9.35. The van der Waals surface area contributed by atoms with Crippen LogP contribution in [0.4, 0.5) is 0 Å². The zero-order valence-corrected chi connectivity index (χ0v) is 9.74. The minimum Gasteiger partial charge on any atom is -0.508 e. The minimum absolute atomic E-state index is 0.273. The van der Waals surface area contributed by atoms with Crippen molar-refractivity contribution in [3.05, 3.63) is 42.4 Å². The summed E-state index contributed by atoms with van der Waals surface area (Å²) in [7, 11) is 0. The third-order valence-electron chi connectivity index (χ3n) is 2.10. The van der Waals surface area contributed by atoms with Crippen molar-refractivity contribution >= 4 is 11.8 Å². The Morgan fingerprint density at radius 3 is 2.88 bits per heavy atom. The number of nitrogens with zero attached hydrogens (tertiary/aromatic N) is 2. The molecule has 0 saturated carbocycles. The van der Waals surface area contributed by atoms with E-state index in [9.17, 15) is 5.11 Å². The second-order valence-corrected chi connectivity index (χ2v) is 4.39. The minimum atomic E-state index is 0.273. The van der Waals surface area contributed by atoms with E-state index in [0.29, 0.717) is 0 Å². The second kappa shape index (κ2) is 4.99. The van der Waals surface area contributed by atoms with Crippen LogP contribution < -0.4 is 0 Å². The molecule has 3 nitrogen and oxygen atoms in total. The van der Waals surface area contributed by atoms with E-state index in [4.69, 9.17) is 0 Å². The molecule has 16 heavy (non-hydrogen) atoms. The SMILES string of the molecule is CCc1cc(Sc2cccc(O)c2)ncn1. The predicted octanol–water partition coefficient (Wildman–Crippen LogP) is 2.90. The molecular weight excluding hydrogens is 220 g/mol. The topological polar surface area (TPSA) is 46.0 Å². The van der Waals surface area contributed by atoms with Gasteiger partial charge < -0.3 is 5.11 Å². The van der Waals surface area contributed by atoms with Crippen molar-refractivity contribution in [2.24, 2.45) is 0 Å². The van der Waals surface area contributed by atoms with Gasteiger partial charge in [-0.1, -0.05) is 24.8 Å². The van der Waals surface area contributed by atoms with E-state index < -0.39 is 0 Å². The summed E-state index contributed by atoms with van der Waals surface area (Å²) in [6.45, 7) is 2.06. The molecule has 0 amide bonds. The van der Waals surface area contributed by atoms with E-state index >= 15 is 0 Å².